The van der Waals surface area contributed by atoms with Crippen LogP contribution in [0.1, 0.15) is 90.0 Å². The molecule has 4 rings (SSSR count). The summed E-state index contributed by atoms with van der Waals surface area (Å²) in [5.74, 6) is -1.35. The number of hydrogen-bond acceptors (Lipinski definition) is 8. The summed E-state index contributed by atoms with van der Waals surface area (Å²) >= 11 is 0. The minimum atomic E-state index is -0.931. The normalized spacial score (nSPS) is 26.2. The van der Waals surface area contributed by atoms with Crippen molar-refractivity contribution in [2.75, 3.05) is 13.7 Å². The van der Waals surface area contributed by atoms with Gasteiger partial charge in [-0.1, -0.05) is 38.7 Å². The number of phenols is 1. The summed E-state index contributed by atoms with van der Waals surface area (Å²) in [4.78, 5) is 53.5. The summed E-state index contributed by atoms with van der Waals surface area (Å²) in [6.45, 7) is 3.81. The molecule has 1 heterocycles. The Kier molecular flexibility index (Phi) is 10.8. The smallest absolute Gasteiger partial charge is 0.223 e. The minimum absolute atomic E-state index is 0.000914. The molecular formula is C33H47NO8. The molecule has 2 aliphatic carbocycles. The van der Waals surface area contributed by atoms with Gasteiger partial charge in [0.25, 0.3) is 0 Å². The number of carbonyl (C=O) groups is 4. The van der Waals surface area contributed by atoms with Gasteiger partial charge in [-0.15, -0.1) is 0 Å². The quantitative estimate of drug-likeness (QED) is 0.261. The highest BCUT2D eigenvalue weighted by Crippen LogP contribution is 2.38. The first-order valence-corrected chi connectivity index (χ1v) is 15.6. The van der Waals surface area contributed by atoms with Gasteiger partial charge >= 0.3 is 0 Å². The second-order valence-electron chi connectivity index (χ2n) is 13.0. The second kappa shape index (κ2) is 14.1. The van der Waals surface area contributed by atoms with Crippen LogP contribution < -0.4 is 10.1 Å². The summed E-state index contributed by atoms with van der Waals surface area (Å²) in [6, 6.07) is 3.92. The fraction of sp³-hybridized carbons (Fsp3) is 0.697. The lowest BCUT2D eigenvalue weighted by atomic mass is 9.81. The van der Waals surface area contributed by atoms with Gasteiger partial charge in [0.15, 0.2) is 23.1 Å². The largest absolute Gasteiger partial charge is 0.504 e. The van der Waals surface area contributed by atoms with Crippen LogP contribution in [0.5, 0.6) is 11.5 Å². The number of hydrogen-bond donors (Lipinski definition) is 3. The Bertz CT molecular complexity index is 1130. The molecule has 0 bridgehead atoms. The summed E-state index contributed by atoms with van der Waals surface area (Å²) in [7, 11) is 1.45. The van der Waals surface area contributed by atoms with Crippen molar-refractivity contribution in [1.82, 2.24) is 5.32 Å². The highest BCUT2D eigenvalue weighted by Gasteiger charge is 2.50. The number of aliphatic hydroxyl groups is 1. The predicted octanol–water partition coefficient (Wildman–Crippen LogP) is 4.09. The summed E-state index contributed by atoms with van der Waals surface area (Å²) < 4.78 is 10.6. The molecule has 0 spiro atoms. The van der Waals surface area contributed by atoms with Crippen molar-refractivity contribution in [1.29, 1.82) is 0 Å². The maximum absolute atomic E-state index is 13.9. The van der Waals surface area contributed by atoms with Crippen molar-refractivity contribution in [3.05, 3.63) is 23.8 Å². The Balaban J connectivity index is 1.47. The average Bonchev–Trinajstić information content (AvgIpc) is 3.50. The fourth-order valence-corrected chi connectivity index (χ4v) is 6.62. The number of Topliss-reactive ketones (excluding diaryl/α,β-unsaturated/α-hetero) is 3. The van der Waals surface area contributed by atoms with E-state index in [1.54, 1.807) is 26.0 Å². The zero-order chi connectivity index (χ0) is 30.4. The van der Waals surface area contributed by atoms with Gasteiger partial charge in [-0.05, 0) is 69.1 Å². The van der Waals surface area contributed by atoms with Crippen molar-refractivity contribution in [3.8, 4) is 11.5 Å². The molecule has 3 fully saturated rings. The van der Waals surface area contributed by atoms with E-state index in [0.717, 1.165) is 25.7 Å². The van der Waals surface area contributed by atoms with Gasteiger partial charge in [0.1, 0.15) is 11.4 Å². The van der Waals surface area contributed by atoms with E-state index in [4.69, 9.17) is 9.47 Å². The highest BCUT2D eigenvalue weighted by molar-refractivity contribution is 5.97. The standard InChI is InChI=1S/C33H47NO8/c1-20(14-27(36)23-9-11-25(35)12-10-23)32(40)34-26(16-22-8-13-30(41-3)29(38)17-22)28(37)18-24(15-21-6-4-5-7-21)31(39)33(2)19-42-33/h8,13,17,20-21,23-26,35,38H,4-7,9-12,14-16,18-19H2,1-3H3,(H,34,40)/t20-,23?,24-,25?,26+,33-/m1/s1. The third-order valence-corrected chi connectivity index (χ3v) is 9.50. The lowest BCUT2D eigenvalue weighted by Gasteiger charge is -2.26. The molecule has 3 aliphatic rings. The summed E-state index contributed by atoms with van der Waals surface area (Å²) in [5.41, 5.74) is -0.207. The van der Waals surface area contributed by atoms with Gasteiger partial charge in [-0.25, -0.2) is 0 Å². The summed E-state index contributed by atoms with van der Waals surface area (Å²) in [6.07, 6.45) is 7.24. The van der Waals surface area contributed by atoms with Crippen LogP contribution in [0.3, 0.4) is 0 Å². The van der Waals surface area contributed by atoms with Crippen molar-refractivity contribution in [3.63, 3.8) is 0 Å². The lowest BCUT2D eigenvalue weighted by molar-refractivity contribution is -0.135. The van der Waals surface area contributed by atoms with E-state index in [1.807, 2.05) is 0 Å². The zero-order valence-electron chi connectivity index (χ0n) is 25.2. The van der Waals surface area contributed by atoms with Crippen molar-refractivity contribution in [2.45, 2.75) is 109 Å². The number of benzene rings is 1. The van der Waals surface area contributed by atoms with Crippen LogP contribution in [0.2, 0.25) is 0 Å². The fourth-order valence-electron chi connectivity index (χ4n) is 6.62. The van der Waals surface area contributed by atoms with Crippen LogP contribution in [-0.4, -0.2) is 64.9 Å². The second-order valence-corrected chi connectivity index (χ2v) is 13.0. The molecule has 232 valence electrons. The average molecular weight is 586 g/mol. The van der Waals surface area contributed by atoms with E-state index >= 15 is 0 Å². The molecule has 0 radical (unpaired) electrons. The van der Waals surface area contributed by atoms with Crippen LogP contribution >= 0.6 is 0 Å². The number of aliphatic hydroxyl groups excluding tert-OH is 1. The number of phenolic OH excluding ortho intramolecular Hbond substituents is 1. The Labute approximate surface area is 248 Å². The van der Waals surface area contributed by atoms with Gasteiger partial charge in [0, 0.05) is 30.6 Å². The zero-order valence-corrected chi connectivity index (χ0v) is 25.2. The molecular weight excluding hydrogens is 538 g/mol. The van der Waals surface area contributed by atoms with Gasteiger partial charge in [0.05, 0.1) is 25.9 Å². The number of epoxide rings is 1. The number of aromatic hydroxyl groups is 1. The Morgan fingerprint density at radius 1 is 1.07 bits per heavy atom. The van der Waals surface area contributed by atoms with Gasteiger partial charge < -0.3 is 25.0 Å². The van der Waals surface area contributed by atoms with Crippen molar-refractivity contribution >= 4 is 23.3 Å². The molecule has 1 aliphatic heterocycles. The van der Waals surface area contributed by atoms with Crippen LogP contribution in [0.15, 0.2) is 18.2 Å². The number of ketones is 3. The molecule has 0 unspecified atom stereocenters. The highest BCUT2D eigenvalue weighted by atomic mass is 16.6. The maximum atomic E-state index is 13.9. The van der Waals surface area contributed by atoms with E-state index in [0.29, 0.717) is 55.9 Å². The molecule has 9 heteroatoms. The molecule has 4 atom stereocenters. The maximum Gasteiger partial charge on any atom is 0.223 e. The molecule has 2 saturated carbocycles. The molecule has 42 heavy (non-hydrogen) atoms. The predicted molar refractivity (Wildman–Crippen MR) is 156 cm³/mol. The third kappa shape index (κ3) is 8.40. The van der Waals surface area contributed by atoms with Gasteiger partial charge in [-0.2, -0.15) is 0 Å². The first kappa shape index (κ1) is 32.1. The number of rotatable bonds is 15. The number of methoxy groups -OCH3 is 1. The minimum Gasteiger partial charge on any atom is -0.504 e. The summed E-state index contributed by atoms with van der Waals surface area (Å²) in [5, 5.41) is 23.0. The first-order valence-electron chi connectivity index (χ1n) is 15.6. The first-order chi connectivity index (χ1) is 20.0. The van der Waals surface area contributed by atoms with Crippen molar-refractivity contribution in [2.24, 2.45) is 23.7 Å². The molecule has 9 nitrogen and oxygen atoms in total. The lowest BCUT2D eigenvalue weighted by Crippen LogP contribution is -2.46. The van der Waals surface area contributed by atoms with Crippen LogP contribution in [0.4, 0.5) is 0 Å². The topological polar surface area (TPSA) is 143 Å². The van der Waals surface area contributed by atoms with Gasteiger partial charge in [-0.3, -0.25) is 19.2 Å². The number of carbonyl (C=O) groups excluding carboxylic acids is 4. The molecule has 1 amide bonds. The molecule has 1 saturated heterocycles. The molecule has 1 aromatic rings. The van der Waals surface area contributed by atoms with E-state index in [1.165, 1.54) is 13.2 Å². The van der Waals surface area contributed by atoms with Crippen molar-refractivity contribution < 1.29 is 38.9 Å². The molecule has 1 aromatic carbocycles. The van der Waals surface area contributed by atoms with Crippen LogP contribution in [-0.2, 0) is 30.3 Å². The van der Waals surface area contributed by atoms with E-state index in [2.05, 4.69) is 5.32 Å². The van der Waals surface area contributed by atoms with Crippen LogP contribution in [0, 0.1) is 23.7 Å². The molecule has 0 aromatic heterocycles. The van der Waals surface area contributed by atoms with E-state index < -0.39 is 29.4 Å². The molecule has 3 N–H and O–H groups in total. The van der Waals surface area contributed by atoms with Gasteiger partial charge in [0.2, 0.25) is 5.91 Å². The SMILES string of the molecule is COc1ccc(C[C@H](NC(=O)[C@H](C)CC(=O)C2CCC(O)CC2)C(=O)C[C@@H](CC2CCCC2)C(=O)[C@@]2(C)CO2)cc1O. The van der Waals surface area contributed by atoms with E-state index in [9.17, 15) is 29.4 Å². The number of amides is 1. The number of nitrogens with one attached hydrogen (secondary N) is 1. The monoisotopic (exact) mass is 585 g/mol. The Morgan fingerprint density at radius 2 is 1.74 bits per heavy atom. The Morgan fingerprint density at radius 3 is 2.33 bits per heavy atom. The Hall–Kier alpha value is -2.78. The van der Waals surface area contributed by atoms with E-state index in [-0.39, 0.29) is 54.4 Å². The number of ether oxygens (including phenoxy) is 2. The third-order valence-electron chi connectivity index (χ3n) is 9.50. The van der Waals surface area contributed by atoms with Crippen LogP contribution in [0.25, 0.3) is 0 Å².